The lowest BCUT2D eigenvalue weighted by molar-refractivity contribution is -0.132. The van der Waals surface area contributed by atoms with Crippen LogP contribution in [0.2, 0.25) is 0 Å². The number of amides is 1. The Bertz CT molecular complexity index is 577. The van der Waals surface area contributed by atoms with Crippen molar-refractivity contribution in [2.24, 2.45) is 5.73 Å². The molecule has 2 saturated heterocycles. The lowest BCUT2D eigenvalue weighted by Crippen LogP contribution is -2.38. The number of unbranched alkanes of at least 4 members (excludes halogenated alkanes) is 2. The summed E-state index contributed by atoms with van der Waals surface area (Å²) in [5, 5.41) is 7.15. The molecule has 3 rings (SSSR count). The maximum Gasteiger partial charge on any atom is 0.222 e. The van der Waals surface area contributed by atoms with Crippen LogP contribution in [0.5, 0.6) is 0 Å². The first kappa shape index (κ1) is 20.2. The zero-order valence-electron chi connectivity index (χ0n) is 16.6. The van der Waals surface area contributed by atoms with Crippen LogP contribution in [0.3, 0.4) is 0 Å². The maximum atomic E-state index is 12.4. The average molecular weight is 373 g/mol. The molecular formula is C22H36N4O. The molecular weight excluding hydrogens is 336 g/mol. The van der Waals surface area contributed by atoms with E-state index < -0.39 is 0 Å². The summed E-state index contributed by atoms with van der Waals surface area (Å²) in [7, 11) is 0. The van der Waals surface area contributed by atoms with Crippen LogP contribution in [0.25, 0.3) is 0 Å². The number of nitrogens with zero attached hydrogens (tertiary/aromatic N) is 1. The molecule has 0 radical (unpaired) electrons. The van der Waals surface area contributed by atoms with Gasteiger partial charge in [-0.15, -0.1) is 0 Å². The number of hydrogen-bond donors (Lipinski definition) is 3. The van der Waals surface area contributed by atoms with Gasteiger partial charge in [0.25, 0.3) is 0 Å². The van der Waals surface area contributed by atoms with Gasteiger partial charge in [-0.05, 0) is 75.2 Å². The summed E-state index contributed by atoms with van der Waals surface area (Å²) in [6.45, 7) is 4.71. The summed E-state index contributed by atoms with van der Waals surface area (Å²) >= 11 is 0. The number of nitrogens with one attached hydrogen (secondary N) is 2. The Kier molecular flexibility index (Phi) is 7.96. The molecule has 27 heavy (non-hydrogen) atoms. The molecule has 1 aromatic rings. The van der Waals surface area contributed by atoms with Crippen molar-refractivity contribution in [3.8, 4) is 0 Å². The normalized spacial score (nSPS) is 21.2. The molecule has 0 aromatic heterocycles. The van der Waals surface area contributed by atoms with Gasteiger partial charge in [0.2, 0.25) is 5.91 Å². The van der Waals surface area contributed by atoms with E-state index in [1.807, 2.05) is 0 Å². The molecule has 0 bridgehead atoms. The molecule has 4 N–H and O–H groups in total. The molecule has 1 aromatic carbocycles. The van der Waals surface area contributed by atoms with Gasteiger partial charge < -0.3 is 21.3 Å². The van der Waals surface area contributed by atoms with Crippen molar-refractivity contribution in [1.29, 1.82) is 0 Å². The molecule has 1 unspecified atom stereocenters. The Balaban J connectivity index is 1.46. The molecule has 0 saturated carbocycles. The van der Waals surface area contributed by atoms with Crippen molar-refractivity contribution in [1.82, 2.24) is 10.2 Å². The van der Waals surface area contributed by atoms with E-state index in [1.165, 1.54) is 24.1 Å². The summed E-state index contributed by atoms with van der Waals surface area (Å²) in [6.07, 6.45) is 8.37. The predicted octanol–water partition coefficient (Wildman–Crippen LogP) is 3.08. The minimum Gasteiger partial charge on any atom is -0.381 e. The van der Waals surface area contributed by atoms with Gasteiger partial charge in [-0.1, -0.05) is 18.6 Å². The van der Waals surface area contributed by atoms with Gasteiger partial charge in [0.15, 0.2) is 0 Å². The van der Waals surface area contributed by atoms with Gasteiger partial charge in [0, 0.05) is 37.8 Å². The SMILES string of the molecule is NCCCCCC(=O)N1CCC(c2cccc(NC3CCCNC3)c2)CC1. The average Bonchev–Trinajstić information content (AvgIpc) is 2.72. The highest BCUT2D eigenvalue weighted by molar-refractivity contribution is 5.76. The highest BCUT2D eigenvalue weighted by atomic mass is 16.2. The molecule has 2 aliphatic rings. The lowest BCUT2D eigenvalue weighted by Gasteiger charge is -2.32. The van der Waals surface area contributed by atoms with Crippen LogP contribution in [0.1, 0.15) is 62.8 Å². The molecule has 1 amide bonds. The largest absolute Gasteiger partial charge is 0.381 e. The van der Waals surface area contributed by atoms with Gasteiger partial charge in [0.1, 0.15) is 0 Å². The number of likely N-dealkylation sites (tertiary alicyclic amines) is 1. The summed E-state index contributed by atoms with van der Waals surface area (Å²) in [5.74, 6) is 0.892. The first-order valence-electron chi connectivity index (χ1n) is 10.8. The standard InChI is InChI=1S/C22H36N4O/c23-12-3-1-2-9-22(27)26-14-10-18(11-15-26)19-6-4-7-20(16-19)25-21-8-5-13-24-17-21/h4,6-7,16,18,21,24-25H,1-3,5,8-15,17,23H2. The van der Waals surface area contributed by atoms with E-state index in [9.17, 15) is 4.79 Å². The van der Waals surface area contributed by atoms with Crippen molar-refractivity contribution < 1.29 is 4.79 Å². The third kappa shape index (κ3) is 6.22. The number of carbonyl (C=O) groups excluding carboxylic acids is 1. The fourth-order valence-electron chi connectivity index (χ4n) is 4.31. The summed E-state index contributed by atoms with van der Waals surface area (Å²) in [5.41, 5.74) is 8.17. The fraction of sp³-hybridized carbons (Fsp3) is 0.682. The number of piperidine rings is 2. The number of hydrogen-bond acceptors (Lipinski definition) is 4. The van der Waals surface area contributed by atoms with Gasteiger partial charge in [0.05, 0.1) is 0 Å². The monoisotopic (exact) mass is 372 g/mol. The molecule has 0 aliphatic carbocycles. The summed E-state index contributed by atoms with van der Waals surface area (Å²) in [4.78, 5) is 14.4. The zero-order valence-corrected chi connectivity index (χ0v) is 16.6. The Morgan fingerprint density at radius 1 is 1.19 bits per heavy atom. The third-order valence-corrected chi connectivity index (χ3v) is 5.97. The number of anilines is 1. The molecule has 2 heterocycles. The zero-order chi connectivity index (χ0) is 18.9. The van der Waals surface area contributed by atoms with Crippen LogP contribution in [-0.2, 0) is 4.79 Å². The molecule has 150 valence electrons. The van der Waals surface area contributed by atoms with Crippen LogP contribution in [0.4, 0.5) is 5.69 Å². The van der Waals surface area contributed by atoms with Gasteiger partial charge >= 0.3 is 0 Å². The number of benzene rings is 1. The number of nitrogens with two attached hydrogens (primary N) is 1. The van der Waals surface area contributed by atoms with Crippen LogP contribution in [-0.4, -0.2) is 49.6 Å². The highest BCUT2D eigenvalue weighted by Gasteiger charge is 2.23. The number of rotatable bonds is 8. The quantitative estimate of drug-likeness (QED) is 0.613. The second-order valence-corrected chi connectivity index (χ2v) is 8.07. The van der Waals surface area contributed by atoms with Crippen molar-refractivity contribution in [2.75, 3.05) is 38.0 Å². The summed E-state index contributed by atoms with van der Waals surface area (Å²) < 4.78 is 0. The van der Waals surface area contributed by atoms with E-state index in [-0.39, 0.29) is 0 Å². The molecule has 1 atom stereocenters. The topological polar surface area (TPSA) is 70.4 Å². The van der Waals surface area contributed by atoms with Crippen LogP contribution in [0, 0.1) is 0 Å². The minimum absolute atomic E-state index is 0.325. The molecule has 2 aliphatic heterocycles. The Labute approximate surface area is 164 Å². The van der Waals surface area contributed by atoms with Crippen molar-refractivity contribution >= 4 is 11.6 Å². The summed E-state index contributed by atoms with van der Waals surface area (Å²) in [6, 6.07) is 9.46. The lowest BCUT2D eigenvalue weighted by atomic mass is 9.89. The first-order valence-corrected chi connectivity index (χ1v) is 10.8. The van der Waals surface area contributed by atoms with E-state index in [0.717, 1.165) is 64.8 Å². The second kappa shape index (κ2) is 10.7. The fourth-order valence-corrected chi connectivity index (χ4v) is 4.31. The second-order valence-electron chi connectivity index (χ2n) is 8.07. The van der Waals surface area contributed by atoms with Crippen molar-refractivity contribution in [3.05, 3.63) is 29.8 Å². The maximum absolute atomic E-state index is 12.4. The Hall–Kier alpha value is -1.59. The smallest absolute Gasteiger partial charge is 0.222 e. The molecule has 0 spiro atoms. The molecule has 2 fully saturated rings. The van der Waals surface area contributed by atoms with Crippen molar-refractivity contribution in [2.45, 2.75) is 63.3 Å². The minimum atomic E-state index is 0.325. The highest BCUT2D eigenvalue weighted by Crippen LogP contribution is 2.30. The van der Waals surface area contributed by atoms with Gasteiger partial charge in [-0.3, -0.25) is 4.79 Å². The van der Waals surface area contributed by atoms with E-state index in [4.69, 9.17) is 5.73 Å². The van der Waals surface area contributed by atoms with E-state index in [0.29, 0.717) is 24.3 Å². The van der Waals surface area contributed by atoms with E-state index in [1.54, 1.807) is 0 Å². The molecule has 5 nitrogen and oxygen atoms in total. The third-order valence-electron chi connectivity index (χ3n) is 5.97. The van der Waals surface area contributed by atoms with Gasteiger partial charge in [-0.2, -0.15) is 0 Å². The van der Waals surface area contributed by atoms with Crippen molar-refractivity contribution in [3.63, 3.8) is 0 Å². The van der Waals surface area contributed by atoms with Crippen LogP contribution < -0.4 is 16.4 Å². The molecule has 5 heteroatoms. The van der Waals surface area contributed by atoms with E-state index >= 15 is 0 Å². The van der Waals surface area contributed by atoms with Crippen LogP contribution in [0.15, 0.2) is 24.3 Å². The number of carbonyl (C=O) groups is 1. The first-order chi connectivity index (χ1) is 13.3. The Morgan fingerprint density at radius 2 is 2.04 bits per heavy atom. The van der Waals surface area contributed by atoms with E-state index in [2.05, 4.69) is 39.8 Å². The van der Waals surface area contributed by atoms with Gasteiger partial charge in [-0.25, -0.2) is 0 Å². The van der Waals surface area contributed by atoms with Crippen LogP contribution >= 0.6 is 0 Å². The predicted molar refractivity (Wildman–Crippen MR) is 112 cm³/mol. The Morgan fingerprint density at radius 3 is 2.78 bits per heavy atom.